The van der Waals surface area contributed by atoms with Gasteiger partial charge in [-0.1, -0.05) is 48.6 Å². The normalized spacial score (nSPS) is 10.9. The maximum atomic E-state index is 13.0. The molecule has 160 valence electrons. The summed E-state index contributed by atoms with van der Waals surface area (Å²) in [5.74, 6) is 0.616. The summed E-state index contributed by atoms with van der Waals surface area (Å²) in [4.78, 5) is 39.3. The molecule has 2 aromatic carbocycles. The summed E-state index contributed by atoms with van der Waals surface area (Å²) >= 11 is 0. The fraction of sp³-hybridized carbons (Fsp3) is 0.240. The number of hydrogen-bond donors (Lipinski definition) is 0. The molecule has 0 fully saturated rings. The lowest BCUT2D eigenvalue weighted by molar-refractivity contribution is -0.168. The van der Waals surface area contributed by atoms with Crippen molar-refractivity contribution in [3.63, 3.8) is 0 Å². The van der Waals surface area contributed by atoms with Crippen molar-refractivity contribution in [3.05, 3.63) is 72.8 Å². The van der Waals surface area contributed by atoms with Crippen LogP contribution in [-0.2, 0) is 23.9 Å². The maximum absolute atomic E-state index is 13.0. The number of ether oxygens (including phenoxy) is 2. The van der Waals surface area contributed by atoms with Gasteiger partial charge in [-0.15, -0.1) is 12.3 Å². The zero-order valence-corrected chi connectivity index (χ0v) is 17.6. The summed E-state index contributed by atoms with van der Waals surface area (Å²) in [5, 5.41) is 0. The number of esters is 2. The molecule has 0 saturated carbocycles. The minimum Gasteiger partial charge on any atom is -0.468 e. The predicted octanol–water partition coefficient (Wildman–Crippen LogP) is 4.04. The summed E-state index contributed by atoms with van der Waals surface area (Å²) in [5.41, 5.74) is -0.174. The minimum absolute atomic E-state index is 0.0412. The third-order valence-corrected chi connectivity index (χ3v) is 4.76. The van der Waals surface area contributed by atoms with Gasteiger partial charge in [0.1, 0.15) is 0 Å². The van der Waals surface area contributed by atoms with E-state index in [1.165, 1.54) is 14.2 Å². The maximum Gasteiger partial charge on any atom is 0.324 e. The first-order valence-corrected chi connectivity index (χ1v) is 9.68. The number of carbonyl (C=O) groups is 3. The first-order valence-electron chi connectivity index (χ1n) is 9.68. The smallest absolute Gasteiger partial charge is 0.324 e. The highest BCUT2D eigenvalue weighted by Crippen LogP contribution is 2.31. The molecule has 0 unspecified atom stereocenters. The molecule has 0 aliphatic heterocycles. The molecule has 0 saturated heterocycles. The van der Waals surface area contributed by atoms with Crippen molar-refractivity contribution in [1.29, 1.82) is 0 Å². The zero-order valence-electron chi connectivity index (χ0n) is 17.6. The van der Waals surface area contributed by atoms with Gasteiger partial charge in [0.05, 0.1) is 14.2 Å². The van der Waals surface area contributed by atoms with Crippen molar-refractivity contribution in [2.45, 2.75) is 19.3 Å². The van der Waals surface area contributed by atoms with Gasteiger partial charge in [-0.25, -0.2) is 0 Å². The summed E-state index contributed by atoms with van der Waals surface area (Å²) < 4.78 is 9.56. The molecule has 0 aromatic heterocycles. The molecule has 0 bridgehead atoms. The molecule has 31 heavy (non-hydrogen) atoms. The van der Waals surface area contributed by atoms with Crippen LogP contribution in [0.4, 0.5) is 11.4 Å². The van der Waals surface area contributed by atoms with E-state index in [4.69, 9.17) is 15.9 Å². The number of anilines is 2. The molecule has 6 heteroatoms. The average molecular weight is 419 g/mol. The van der Waals surface area contributed by atoms with Crippen molar-refractivity contribution >= 4 is 29.2 Å². The third kappa shape index (κ3) is 5.61. The van der Waals surface area contributed by atoms with Gasteiger partial charge in [0, 0.05) is 24.2 Å². The first kappa shape index (κ1) is 23.4. The van der Waals surface area contributed by atoms with Gasteiger partial charge >= 0.3 is 11.9 Å². The number of amides is 1. The van der Waals surface area contributed by atoms with E-state index < -0.39 is 17.4 Å². The van der Waals surface area contributed by atoms with E-state index in [1.54, 1.807) is 17.1 Å². The van der Waals surface area contributed by atoms with Crippen molar-refractivity contribution in [2.75, 3.05) is 19.1 Å². The van der Waals surface area contributed by atoms with Crippen LogP contribution in [-0.4, -0.2) is 32.1 Å². The van der Waals surface area contributed by atoms with E-state index >= 15 is 0 Å². The van der Waals surface area contributed by atoms with Gasteiger partial charge in [0.2, 0.25) is 5.91 Å². The molecule has 1 amide bonds. The fourth-order valence-electron chi connectivity index (χ4n) is 3.18. The highest BCUT2D eigenvalue weighted by molar-refractivity contribution is 6.01. The highest BCUT2D eigenvalue weighted by atomic mass is 16.5. The van der Waals surface area contributed by atoms with Gasteiger partial charge in [-0.2, -0.15) is 0 Å². The molecule has 0 aliphatic rings. The summed E-state index contributed by atoms with van der Waals surface area (Å²) in [6.07, 6.45) is 8.40. The number of benzene rings is 2. The molecule has 2 rings (SSSR count). The molecule has 0 aliphatic carbocycles. The molecule has 2 aromatic rings. The summed E-state index contributed by atoms with van der Waals surface area (Å²) in [6, 6.07) is 18.6. The molecule has 0 atom stereocenters. The molecule has 6 nitrogen and oxygen atoms in total. The quantitative estimate of drug-likeness (QED) is 0.265. The number of terminal acetylenes is 1. The molecular weight excluding hydrogens is 394 g/mol. The third-order valence-electron chi connectivity index (χ3n) is 4.76. The minimum atomic E-state index is -1.64. The fourth-order valence-corrected chi connectivity index (χ4v) is 3.18. The molecule has 0 radical (unpaired) electrons. The van der Waals surface area contributed by atoms with Crippen molar-refractivity contribution in [3.8, 4) is 12.3 Å². The standard InChI is InChI=1S/C25H25NO5/c1-4-18-25(23(28)30-2,24(29)31-3)19-12-11-17-22(27)26(20-13-7-5-8-14-20)21-15-9-6-10-16-21/h1,5-16H,17-19H2,2-3H3/b12-11+. The van der Waals surface area contributed by atoms with Crippen molar-refractivity contribution < 1.29 is 23.9 Å². The molecule has 0 spiro atoms. The first-order chi connectivity index (χ1) is 15.0. The van der Waals surface area contributed by atoms with Crippen LogP contribution in [0.5, 0.6) is 0 Å². The van der Waals surface area contributed by atoms with Crippen LogP contribution in [0, 0.1) is 17.8 Å². The number of allylic oxidation sites excluding steroid dienone is 1. The highest BCUT2D eigenvalue weighted by Gasteiger charge is 2.47. The van der Waals surface area contributed by atoms with Gasteiger partial charge in [0.15, 0.2) is 5.41 Å². The Kier molecular flexibility index (Phi) is 8.59. The van der Waals surface area contributed by atoms with E-state index in [0.717, 1.165) is 11.4 Å². The van der Waals surface area contributed by atoms with Gasteiger partial charge < -0.3 is 9.47 Å². The van der Waals surface area contributed by atoms with Gasteiger partial charge in [-0.05, 0) is 30.7 Å². The number of rotatable bonds is 9. The van der Waals surface area contributed by atoms with Crippen LogP contribution in [0.3, 0.4) is 0 Å². The van der Waals surface area contributed by atoms with Gasteiger partial charge in [0.25, 0.3) is 0 Å². The van der Waals surface area contributed by atoms with E-state index in [-0.39, 0.29) is 25.2 Å². The second-order valence-electron chi connectivity index (χ2n) is 6.73. The monoisotopic (exact) mass is 419 g/mol. The van der Waals surface area contributed by atoms with E-state index in [1.807, 2.05) is 60.7 Å². The van der Waals surface area contributed by atoms with E-state index in [2.05, 4.69) is 5.92 Å². The molecule has 0 N–H and O–H groups in total. The SMILES string of the molecule is C#CCC(C/C=C/CC(=O)N(c1ccccc1)c1ccccc1)(C(=O)OC)C(=O)OC. The number of carbonyl (C=O) groups excluding carboxylic acids is 3. The van der Waals surface area contributed by atoms with Crippen LogP contribution >= 0.6 is 0 Å². The van der Waals surface area contributed by atoms with Crippen LogP contribution in [0.15, 0.2) is 72.8 Å². The molecule has 0 heterocycles. The van der Waals surface area contributed by atoms with Crippen LogP contribution in [0.25, 0.3) is 0 Å². The second kappa shape index (κ2) is 11.4. The Balaban J connectivity index is 2.22. The Labute approximate surface area is 182 Å². The Morgan fingerprint density at radius 2 is 1.39 bits per heavy atom. The number of nitrogens with zero attached hydrogens (tertiary/aromatic N) is 1. The predicted molar refractivity (Wildman–Crippen MR) is 118 cm³/mol. The van der Waals surface area contributed by atoms with Crippen LogP contribution in [0.2, 0.25) is 0 Å². The topological polar surface area (TPSA) is 72.9 Å². The summed E-state index contributed by atoms with van der Waals surface area (Å²) in [6.45, 7) is 0. The molecular formula is C25H25NO5. The zero-order chi connectivity index (χ0) is 22.7. The lowest BCUT2D eigenvalue weighted by Crippen LogP contribution is -2.40. The Morgan fingerprint density at radius 1 is 0.903 bits per heavy atom. The Hall–Kier alpha value is -3.85. The second-order valence-corrected chi connectivity index (χ2v) is 6.73. The van der Waals surface area contributed by atoms with Crippen LogP contribution in [0.1, 0.15) is 19.3 Å². The van der Waals surface area contributed by atoms with E-state index in [9.17, 15) is 14.4 Å². The lowest BCUT2D eigenvalue weighted by Gasteiger charge is -2.25. The summed E-state index contributed by atoms with van der Waals surface area (Å²) in [7, 11) is 2.36. The number of para-hydroxylation sites is 2. The van der Waals surface area contributed by atoms with Crippen molar-refractivity contribution in [2.24, 2.45) is 5.41 Å². The number of hydrogen-bond acceptors (Lipinski definition) is 5. The Morgan fingerprint density at radius 3 is 1.81 bits per heavy atom. The van der Waals surface area contributed by atoms with Crippen molar-refractivity contribution in [1.82, 2.24) is 0 Å². The average Bonchev–Trinajstić information content (AvgIpc) is 2.81. The lowest BCUT2D eigenvalue weighted by atomic mass is 9.81. The Bertz CT molecular complexity index is 905. The largest absolute Gasteiger partial charge is 0.468 e. The van der Waals surface area contributed by atoms with E-state index in [0.29, 0.717) is 0 Å². The van der Waals surface area contributed by atoms with Crippen LogP contribution < -0.4 is 4.90 Å². The number of methoxy groups -OCH3 is 2. The van der Waals surface area contributed by atoms with Gasteiger partial charge in [-0.3, -0.25) is 19.3 Å².